The maximum Gasteiger partial charge on any atom is 0.255 e. The summed E-state index contributed by atoms with van der Waals surface area (Å²) >= 11 is 12.1. The van der Waals surface area contributed by atoms with Crippen LogP contribution in [-0.2, 0) is 6.42 Å². The van der Waals surface area contributed by atoms with Crippen LogP contribution in [0.15, 0.2) is 42.6 Å². The zero-order valence-electron chi connectivity index (χ0n) is 19.0. The normalized spacial score (nSPS) is 15.2. The molecule has 0 saturated heterocycles. The maximum absolute atomic E-state index is 14.0. The molecule has 1 amide bonds. The molecule has 1 N–H and O–H groups in total. The number of nitrogens with one attached hydrogen (secondary N) is 1. The first-order valence-corrected chi connectivity index (χ1v) is 11.9. The van der Waals surface area contributed by atoms with Crippen molar-refractivity contribution in [2.24, 2.45) is 0 Å². The van der Waals surface area contributed by atoms with Gasteiger partial charge in [-0.15, -0.1) is 0 Å². The van der Waals surface area contributed by atoms with Gasteiger partial charge in [0.1, 0.15) is 0 Å². The smallest absolute Gasteiger partial charge is 0.255 e. The van der Waals surface area contributed by atoms with Crippen LogP contribution in [0.5, 0.6) is 0 Å². The number of aromatic nitrogens is 3. The molecule has 0 radical (unpaired) electrons. The van der Waals surface area contributed by atoms with Gasteiger partial charge < -0.3 is 5.32 Å². The number of aryl methyl sites for hydroxylation is 2. The molecule has 0 unspecified atom stereocenters. The average molecular weight is 497 g/mol. The number of carbonyl (C=O) groups is 1. The van der Waals surface area contributed by atoms with Crippen LogP contribution < -0.4 is 5.32 Å². The van der Waals surface area contributed by atoms with E-state index in [0.29, 0.717) is 28.0 Å². The third kappa shape index (κ3) is 3.75. The molecule has 1 aliphatic rings. The molecule has 5 nitrogen and oxygen atoms in total. The molecule has 5 rings (SSSR count). The van der Waals surface area contributed by atoms with Crippen LogP contribution in [0.25, 0.3) is 16.8 Å². The second-order valence-corrected chi connectivity index (χ2v) is 9.74. The van der Waals surface area contributed by atoms with Crippen molar-refractivity contribution in [3.05, 3.63) is 86.5 Å². The van der Waals surface area contributed by atoms with E-state index in [1.807, 2.05) is 32.9 Å². The van der Waals surface area contributed by atoms with Crippen molar-refractivity contribution in [2.75, 3.05) is 0 Å². The van der Waals surface area contributed by atoms with Gasteiger partial charge in [-0.2, -0.15) is 5.10 Å². The van der Waals surface area contributed by atoms with Gasteiger partial charge >= 0.3 is 0 Å². The lowest BCUT2D eigenvalue weighted by Gasteiger charge is -2.18. The number of hydrogen-bond acceptors (Lipinski definition) is 3. The molecule has 0 bridgehead atoms. The zero-order valence-corrected chi connectivity index (χ0v) is 20.5. The van der Waals surface area contributed by atoms with Gasteiger partial charge in [-0.1, -0.05) is 61.3 Å². The van der Waals surface area contributed by atoms with Gasteiger partial charge in [-0.25, -0.2) is 13.9 Å². The summed E-state index contributed by atoms with van der Waals surface area (Å²) in [6.07, 6.45) is 3.41. The lowest BCUT2D eigenvalue weighted by Crippen LogP contribution is -2.29. The van der Waals surface area contributed by atoms with Crippen molar-refractivity contribution in [2.45, 2.75) is 45.6 Å². The second kappa shape index (κ2) is 8.67. The van der Waals surface area contributed by atoms with Gasteiger partial charge in [0.2, 0.25) is 0 Å². The van der Waals surface area contributed by atoms with Crippen molar-refractivity contribution < 1.29 is 9.18 Å². The standard InChI is InChI=1S/C26H23Cl2FN4O/c1-13(2)24-18(26(34)31-21-9-8-15-6-4-5-7-17(15)21)12-30-25-22(14(3)32-33(24)25)16-10-19(27)23(29)20(28)11-16/h4-7,10-13,21H,8-9H2,1-3H3,(H,31,34)/t21-/m0/s1. The minimum absolute atomic E-state index is 0.00495. The molecular formula is C26H23Cl2FN4O. The van der Waals surface area contributed by atoms with E-state index in [1.165, 1.54) is 23.3 Å². The van der Waals surface area contributed by atoms with Crippen molar-refractivity contribution in [3.8, 4) is 11.1 Å². The Morgan fingerprint density at radius 1 is 1.21 bits per heavy atom. The van der Waals surface area contributed by atoms with Crippen LogP contribution in [0.1, 0.15) is 65.1 Å². The Balaban J connectivity index is 1.59. The maximum atomic E-state index is 14.0. The monoisotopic (exact) mass is 496 g/mol. The summed E-state index contributed by atoms with van der Waals surface area (Å²) in [6, 6.07) is 11.2. The van der Waals surface area contributed by atoms with Crippen LogP contribution in [0.3, 0.4) is 0 Å². The Hall–Kier alpha value is -2.96. The summed E-state index contributed by atoms with van der Waals surface area (Å²) < 4.78 is 15.7. The fraction of sp³-hybridized carbons (Fsp3) is 0.269. The summed E-state index contributed by atoms with van der Waals surface area (Å²) in [6.45, 7) is 5.87. The van der Waals surface area contributed by atoms with E-state index in [0.717, 1.165) is 18.5 Å². The molecule has 0 aliphatic heterocycles. The molecule has 2 aromatic carbocycles. The van der Waals surface area contributed by atoms with Crippen molar-refractivity contribution >= 4 is 34.8 Å². The number of fused-ring (bicyclic) bond motifs is 2. The van der Waals surface area contributed by atoms with E-state index >= 15 is 0 Å². The number of amides is 1. The highest BCUT2D eigenvalue weighted by atomic mass is 35.5. The summed E-state index contributed by atoms with van der Waals surface area (Å²) in [5.74, 6) is -0.846. The molecule has 0 saturated carbocycles. The Bertz CT molecular complexity index is 1420. The SMILES string of the molecule is Cc1nn2c(C(C)C)c(C(=O)N[C@H]3CCc4ccccc43)cnc2c1-c1cc(Cl)c(F)c(Cl)c1. The predicted molar refractivity (Wildman–Crippen MR) is 132 cm³/mol. The lowest BCUT2D eigenvalue weighted by atomic mass is 10.0. The van der Waals surface area contributed by atoms with Gasteiger partial charge in [0.25, 0.3) is 5.91 Å². The molecule has 2 heterocycles. The first kappa shape index (κ1) is 22.8. The predicted octanol–water partition coefficient (Wildman–Crippen LogP) is 6.69. The summed E-state index contributed by atoms with van der Waals surface area (Å²) in [5, 5.41) is 7.74. The average Bonchev–Trinajstić information content (AvgIpc) is 3.36. The Kier molecular flexibility index (Phi) is 5.82. The van der Waals surface area contributed by atoms with Crippen molar-refractivity contribution in [1.82, 2.24) is 19.9 Å². The fourth-order valence-corrected chi connectivity index (χ4v) is 5.31. The summed E-state index contributed by atoms with van der Waals surface area (Å²) in [5.41, 5.74) is 6.22. The fourth-order valence-electron chi connectivity index (χ4n) is 4.82. The van der Waals surface area contributed by atoms with Crippen LogP contribution >= 0.6 is 23.2 Å². The molecule has 0 fully saturated rings. The van der Waals surface area contributed by atoms with Crippen LogP contribution in [0.4, 0.5) is 4.39 Å². The third-order valence-corrected chi connectivity index (χ3v) is 6.91. The molecule has 174 valence electrons. The third-order valence-electron chi connectivity index (χ3n) is 6.36. The van der Waals surface area contributed by atoms with E-state index in [1.54, 1.807) is 10.7 Å². The van der Waals surface area contributed by atoms with Crippen LogP contribution in [-0.4, -0.2) is 20.5 Å². The summed E-state index contributed by atoms with van der Waals surface area (Å²) in [4.78, 5) is 18.0. The topological polar surface area (TPSA) is 59.3 Å². The molecule has 34 heavy (non-hydrogen) atoms. The van der Waals surface area contributed by atoms with Gasteiger partial charge in [-0.3, -0.25) is 4.79 Å². The quantitative estimate of drug-likeness (QED) is 0.320. The van der Waals surface area contributed by atoms with E-state index in [-0.39, 0.29) is 27.9 Å². The van der Waals surface area contributed by atoms with E-state index in [4.69, 9.17) is 28.3 Å². The highest BCUT2D eigenvalue weighted by Crippen LogP contribution is 2.36. The minimum atomic E-state index is -0.663. The first-order valence-electron chi connectivity index (χ1n) is 11.2. The number of rotatable bonds is 4. The number of nitrogens with zero attached hydrogens (tertiary/aromatic N) is 3. The van der Waals surface area contributed by atoms with Crippen LogP contribution in [0, 0.1) is 12.7 Å². The van der Waals surface area contributed by atoms with Gasteiger partial charge in [-0.05, 0) is 54.5 Å². The zero-order chi connectivity index (χ0) is 24.1. The number of carbonyl (C=O) groups excluding carboxylic acids is 1. The molecule has 0 spiro atoms. The Morgan fingerprint density at radius 3 is 2.62 bits per heavy atom. The van der Waals surface area contributed by atoms with Crippen molar-refractivity contribution in [1.29, 1.82) is 0 Å². The highest BCUT2D eigenvalue weighted by Gasteiger charge is 2.27. The van der Waals surface area contributed by atoms with Gasteiger partial charge in [0, 0.05) is 11.8 Å². The van der Waals surface area contributed by atoms with E-state index in [2.05, 4.69) is 22.4 Å². The molecule has 4 aromatic rings. The number of benzene rings is 2. The van der Waals surface area contributed by atoms with E-state index in [9.17, 15) is 9.18 Å². The minimum Gasteiger partial charge on any atom is -0.345 e. The number of hydrogen-bond donors (Lipinski definition) is 1. The van der Waals surface area contributed by atoms with Crippen molar-refractivity contribution in [3.63, 3.8) is 0 Å². The Labute approximate surface area is 206 Å². The van der Waals surface area contributed by atoms with Gasteiger partial charge in [0.05, 0.1) is 33.0 Å². The van der Waals surface area contributed by atoms with E-state index < -0.39 is 5.82 Å². The van der Waals surface area contributed by atoms with Gasteiger partial charge in [0.15, 0.2) is 11.5 Å². The summed E-state index contributed by atoms with van der Waals surface area (Å²) in [7, 11) is 0. The largest absolute Gasteiger partial charge is 0.345 e. The molecule has 8 heteroatoms. The Morgan fingerprint density at radius 2 is 1.91 bits per heavy atom. The first-order chi connectivity index (χ1) is 16.3. The highest BCUT2D eigenvalue weighted by molar-refractivity contribution is 6.35. The van der Waals surface area contributed by atoms with Crippen LogP contribution in [0.2, 0.25) is 10.0 Å². The molecule has 2 aromatic heterocycles. The number of halogens is 3. The second-order valence-electron chi connectivity index (χ2n) is 8.93. The molecule has 1 aliphatic carbocycles. The molecular weight excluding hydrogens is 474 g/mol. The lowest BCUT2D eigenvalue weighted by molar-refractivity contribution is 0.0934. The molecule has 1 atom stereocenters.